The molecule has 9 rings (SSSR count). The second-order valence-corrected chi connectivity index (χ2v) is 16.7. The highest BCUT2D eigenvalue weighted by molar-refractivity contribution is 6.06. The number of morpholine rings is 1. The van der Waals surface area contributed by atoms with Crippen LogP contribution in [-0.4, -0.2) is 138 Å². The number of rotatable bonds is 11. The first-order valence-corrected chi connectivity index (χ1v) is 20.4. The normalized spacial score (nSPS) is 21.0. The van der Waals surface area contributed by atoms with E-state index in [4.69, 9.17) is 24.2 Å². The van der Waals surface area contributed by atoms with Crippen LogP contribution in [0.15, 0.2) is 37.1 Å². The highest BCUT2D eigenvalue weighted by Crippen LogP contribution is 2.53. The second-order valence-electron chi connectivity index (χ2n) is 16.7. The van der Waals surface area contributed by atoms with Gasteiger partial charge in [-0.05, 0) is 86.3 Å². The third kappa shape index (κ3) is 7.90. The Hall–Kier alpha value is -4.47. The predicted octanol–water partition coefficient (Wildman–Crippen LogP) is 6.09. The smallest absolute Gasteiger partial charge is 0.422 e. The van der Waals surface area contributed by atoms with Gasteiger partial charge in [-0.1, -0.05) is 12.6 Å². The molecule has 0 atom stereocenters. The van der Waals surface area contributed by atoms with Gasteiger partial charge in [0.2, 0.25) is 5.91 Å². The van der Waals surface area contributed by atoms with Crippen LogP contribution in [0.25, 0.3) is 32.9 Å². The first kappa shape index (κ1) is 38.1. The molecule has 1 saturated carbocycles. The van der Waals surface area contributed by atoms with Crippen molar-refractivity contribution in [1.82, 2.24) is 34.9 Å². The Morgan fingerprint density at radius 1 is 0.982 bits per heavy atom. The van der Waals surface area contributed by atoms with Crippen LogP contribution in [-0.2, 0) is 9.53 Å². The van der Waals surface area contributed by atoms with E-state index >= 15 is 0 Å². The van der Waals surface area contributed by atoms with E-state index in [0.717, 1.165) is 119 Å². The van der Waals surface area contributed by atoms with Crippen LogP contribution in [0.5, 0.6) is 11.8 Å². The lowest BCUT2D eigenvalue weighted by atomic mass is 9.72. The minimum absolute atomic E-state index is 0.0290. The van der Waals surface area contributed by atoms with E-state index in [1.165, 1.54) is 6.08 Å². The molecule has 304 valence electrons. The van der Waals surface area contributed by atoms with Crippen molar-refractivity contribution in [2.24, 2.45) is 5.41 Å². The number of likely N-dealkylation sites (tertiary alicyclic amines) is 2. The number of amides is 1. The molecule has 1 amide bonds. The van der Waals surface area contributed by atoms with E-state index in [1.807, 2.05) is 24.0 Å². The Morgan fingerprint density at radius 3 is 2.39 bits per heavy atom. The number of nitrogens with one attached hydrogen (secondary N) is 1. The first-order chi connectivity index (χ1) is 27.6. The first-order valence-electron chi connectivity index (χ1n) is 20.4. The Morgan fingerprint density at radius 2 is 1.70 bits per heavy atom. The monoisotopic (exact) mass is 788 g/mol. The molecule has 57 heavy (non-hydrogen) atoms. The molecule has 1 N–H and O–H groups in total. The summed E-state index contributed by atoms with van der Waals surface area (Å²) in [6.45, 7) is 14.1. The maximum atomic E-state index is 14.1. The van der Waals surface area contributed by atoms with Crippen molar-refractivity contribution in [3.63, 3.8) is 0 Å². The summed E-state index contributed by atoms with van der Waals surface area (Å²) >= 11 is 0. The number of anilines is 1. The van der Waals surface area contributed by atoms with Gasteiger partial charge >= 0.3 is 12.2 Å². The minimum atomic E-state index is -4.58. The SMILES string of the molecule is C=CC(=O)N1CC2(CCN(c3nc(OC4CCN(CCN5CCOCC5)CC4)nc4c(OCC(F)(F)F)c(-c5c(C)ccc6[nH]ncc56)c(C5CC5)cc34)CC2)C1. The number of aromatic nitrogens is 4. The van der Waals surface area contributed by atoms with Crippen molar-refractivity contribution in [3.8, 4) is 22.9 Å². The number of alkyl halides is 3. The number of hydrogen-bond donors (Lipinski definition) is 1. The summed E-state index contributed by atoms with van der Waals surface area (Å²) in [7, 11) is 0. The summed E-state index contributed by atoms with van der Waals surface area (Å²) < 4.78 is 60.5. The molecule has 2 aromatic carbocycles. The van der Waals surface area contributed by atoms with Gasteiger partial charge in [0.05, 0.1) is 24.9 Å². The van der Waals surface area contributed by atoms with E-state index in [0.29, 0.717) is 48.5 Å². The molecule has 1 aliphatic carbocycles. The number of aromatic amines is 1. The van der Waals surface area contributed by atoms with E-state index < -0.39 is 12.8 Å². The fraction of sp³-hybridized carbons (Fsp3) is 0.571. The number of fused-ring (bicyclic) bond motifs is 2. The molecule has 5 fully saturated rings. The zero-order chi connectivity index (χ0) is 39.3. The zero-order valence-electron chi connectivity index (χ0n) is 32.6. The van der Waals surface area contributed by atoms with Crippen LogP contribution in [0.2, 0.25) is 0 Å². The molecule has 15 heteroatoms. The van der Waals surface area contributed by atoms with Crippen molar-refractivity contribution in [3.05, 3.63) is 48.2 Å². The standard InChI is InChI=1S/C42H51F3N8O4/c1-3-34(54)53-24-41(25-53)10-14-52(15-11-41)39-31-22-30(28-5-6-28)36(35-27(2)4-7-33-32(35)23-46-49-33)38(56-26-42(43,44)45)37(31)47-40(48-39)57-29-8-12-50(13-9-29)16-17-51-18-20-55-21-19-51/h3-4,7,22-23,28-29H,1,5-6,8-21,24-26H2,2H3,(H,46,49). The molecule has 4 aliphatic heterocycles. The maximum absolute atomic E-state index is 14.1. The van der Waals surface area contributed by atoms with Crippen LogP contribution >= 0.6 is 0 Å². The molecule has 6 heterocycles. The largest absolute Gasteiger partial charge is 0.481 e. The molecular formula is C42H51F3N8O4. The third-order valence-electron chi connectivity index (χ3n) is 12.7. The molecule has 0 bridgehead atoms. The Bertz CT molecular complexity index is 2130. The van der Waals surface area contributed by atoms with E-state index in [-0.39, 0.29) is 35.1 Å². The molecule has 4 saturated heterocycles. The van der Waals surface area contributed by atoms with Gasteiger partial charge < -0.3 is 28.9 Å². The van der Waals surface area contributed by atoms with Crippen molar-refractivity contribution in [2.75, 3.05) is 90.2 Å². The molecule has 12 nitrogen and oxygen atoms in total. The van der Waals surface area contributed by atoms with Crippen LogP contribution in [0.3, 0.4) is 0 Å². The number of nitrogens with zero attached hydrogens (tertiary/aromatic N) is 7. The lowest BCUT2D eigenvalue weighted by Crippen LogP contribution is -2.61. The molecule has 0 unspecified atom stereocenters. The minimum Gasteiger partial charge on any atom is -0.481 e. The fourth-order valence-electron chi connectivity index (χ4n) is 9.31. The number of H-pyrrole nitrogens is 1. The van der Waals surface area contributed by atoms with Gasteiger partial charge in [0, 0.05) is 87.2 Å². The quantitative estimate of drug-likeness (QED) is 0.179. The summed E-state index contributed by atoms with van der Waals surface area (Å²) in [5, 5.41) is 8.80. The van der Waals surface area contributed by atoms with Gasteiger partial charge in [-0.2, -0.15) is 28.2 Å². The number of ether oxygens (including phenoxy) is 3. The summed E-state index contributed by atoms with van der Waals surface area (Å²) in [5.74, 6) is 0.853. The number of carbonyl (C=O) groups excluding carboxylic acids is 1. The molecule has 2 aromatic heterocycles. The average molecular weight is 789 g/mol. The van der Waals surface area contributed by atoms with Gasteiger partial charge in [-0.15, -0.1) is 0 Å². The van der Waals surface area contributed by atoms with Crippen molar-refractivity contribution in [2.45, 2.75) is 63.6 Å². The van der Waals surface area contributed by atoms with Gasteiger partial charge in [-0.25, -0.2) is 0 Å². The molecule has 5 aliphatic rings. The highest BCUT2D eigenvalue weighted by atomic mass is 19.4. The van der Waals surface area contributed by atoms with Crippen LogP contribution < -0.4 is 14.4 Å². The van der Waals surface area contributed by atoms with Crippen molar-refractivity contribution < 1.29 is 32.2 Å². The predicted molar refractivity (Wildman–Crippen MR) is 211 cm³/mol. The lowest BCUT2D eigenvalue weighted by Gasteiger charge is -2.54. The fourth-order valence-corrected chi connectivity index (χ4v) is 9.31. The number of aryl methyl sites for hydroxylation is 1. The topological polar surface area (TPSA) is 112 Å². The van der Waals surface area contributed by atoms with Crippen molar-refractivity contribution >= 4 is 33.5 Å². The van der Waals surface area contributed by atoms with Crippen molar-refractivity contribution in [1.29, 1.82) is 0 Å². The van der Waals surface area contributed by atoms with Crippen LogP contribution in [0, 0.1) is 12.3 Å². The summed E-state index contributed by atoms with van der Waals surface area (Å²) in [4.78, 5) is 31.3. The van der Waals surface area contributed by atoms with Crippen LogP contribution in [0.4, 0.5) is 19.0 Å². The average Bonchev–Trinajstić information content (AvgIpc) is 3.94. The number of benzene rings is 2. The Balaban J connectivity index is 1.09. The Kier molecular flexibility index (Phi) is 10.3. The number of hydrogen-bond acceptors (Lipinski definition) is 10. The van der Waals surface area contributed by atoms with E-state index in [1.54, 1.807) is 6.20 Å². The lowest BCUT2D eigenvalue weighted by molar-refractivity contribution is -0.153. The second kappa shape index (κ2) is 15.4. The third-order valence-corrected chi connectivity index (χ3v) is 12.7. The van der Waals surface area contributed by atoms with Gasteiger partial charge in [0.1, 0.15) is 17.4 Å². The van der Waals surface area contributed by atoms with Gasteiger partial charge in [0.25, 0.3) is 0 Å². The Labute approximate surface area is 330 Å². The molecular weight excluding hydrogens is 738 g/mol. The maximum Gasteiger partial charge on any atom is 0.422 e. The summed E-state index contributed by atoms with van der Waals surface area (Å²) in [6.07, 6.45) is 3.50. The van der Waals surface area contributed by atoms with Gasteiger partial charge in [-0.3, -0.25) is 14.8 Å². The molecule has 4 aromatic rings. The number of halogens is 3. The molecule has 0 radical (unpaired) electrons. The zero-order valence-corrected chi connectivity index (χ0v) is 32.6. The number of piperidine rings is 2. The van der Waals surface area contributed by atoms with Gasteiger partial charge in [0.15, 0.2) is 12.4 Å². The van der Waals surface area contributed by atoms with E-state index in [9.17, 15) is 18.0 Å². The summed E-state index contributed by atoms with van der Waals surface area (Å²) in [6, 6.07) is 6.15. The highest BCUT2D eigenvalue weighted by Gasteiger charge is 2.47. The summed E-state index contributed by atoms with van der Waals surface area (Å²) in [5.41, 5.74) is 4.38. The van der Waals surface area contributed by atoms with E-state index in [2.05, 4.69) is 37.5 Å². The molecule has 1 spiro atoms. The van der Waals surface area contributed by atoms with Crippen LogP contribution in [0.1, 0.15) is 55.6 Å². The number of carbonyl (C=O) groups is 1.